The molecule has 6 heteroatoms. The van der Waals surface area contributed by atoms with E-state index in [1.807, 2.05) is 54.6 Å². The quantitative estimate of drug-likeness (QED) is 0.746. The van der Waals surface area contributed by atoms with Gasteiger partial charge in [0.15, 0.2) is 0 Å². The Balaban J connectivity index is 1.54. The van der Waals surface area contributed by atoms with Crippen LogP contribution in [0.4, 0.5) is 0 Å². The van der Waals surface area contributed by atoms with E-state index >= 15 is 0 Å². The molecule has 1 heterocycles. The van der Waals surface area contributed by atoms with Crippen LogP contribution in [0, 0.1) is 5.92 Å². The van der Waals surface area contributed by atoms with Gasteiger partial charge in [0.1, 0.15) is 18.4 Å². The maximum Gasteiger partial charge on any atom is 0.326 e. The van der Waals surface area contributed by atoms with Crippen molar-refractivity contribution < 1.29 is 24.2 Å². The van der Waals surface area contributed by atoms with Gasteiger partial charge in [-0.1, -0.05) is 42.5 Å². The van der Waals surface area contributed by atoms with Gasteiger partial charge in [0.05, 0.1) is 12.5 Å². The topological polar surface area (TPSA) is 84.9 Å². The average Bonchev–Trinajstić information content (AvgIpc) is 3.22. The monoisotopic (exact) mass is 369 g/mol. The predicted molar refractivity (Wildman–Crippen MR) is 99.4 cm³/mol. The fourth-order valence-electron chi connectivity index (χ4n) is 2.93. The van der Waals surface area contributed by atoms with Crippen LogP contribution in [0.1, 0.15) is 17.5 Å². The highest BCUT2D eigenvalue weighted by Crippen LogP contribution is 2.16. The fourth-order valence-corrected chi connectivity index (χ4v) is 2.93. The van der Waals surface area contributed by atoms with E-state index in [0.717, 1.165) is 11.1 Å². The summed E-state index contributed by atoms with van der Waals surface area (Å²) in [6.07, 6.45) is 0.846. The molecule has 1 amide bonds. The number of carboxylic acids is 1. The maximum atomic E-state index is 12.1. The van der Waals surface area contributed by atoms with Gasteiger partial charge in [-0.25, -0.2) is 4.79 Å². The van der Waals surface area contributed by atoms with Gasteiger partial charge in [0, 0.05) is 13.0 Å². The van der Waals surface area contributed by atoms with Crippen molar-refractivity contribution in [3.8, 4) is 5.75 Å². The third-order valence-electron chi connectivity index (χ3n) is 4.53. The number of benzene rings is 2. The second kappa shape index (κ2) is 9.19. The van der Waals surface area contributed by atoms with Gasteiger partial charge in [-0.2, -0.15) is 0 Å². The largest absolute Gasteiger partial charge is 0.489 e. The second-order valence-corrected chi connectivity index (χ2v) is 6.58. The van der Waals surface area contributed by atoms with Crippen LogP contribution < -0.4 is 10.1 Å². The zero-order valence-electron chi connectivity index (χ0n) is 15.0. The average molecular weight is 369 g/mol. The van der Waals surface area contributed by atoms with Crippen LogP contribution in [0.3, 0.4) is 0 Å². The highest BCUT2D eigenvalue weighted by molar-refractivity contribution is 5.85. The number of carbonyl (C=O) groups excluding carboxylic acids is 1. The van der Waals surface area contributed by atoms with Crippen LogP contribution in [0.15, 0.2) is 54.6 Å². The second-order valence-electron chi connectivity index (χ2n) is 6.58. The van der Waals surface area contributed by atoms with E-state index in [1.165, 1.54) is 0 Å². The first kappa shape index (κ1) is 18.9. The zero-order valence-corrected chi connectivity index (χ0v) is 15.0. The molecule has 3 rings (SSSR count). The van der Waals surface area contributed by atoms with E-state index in [1.54, 1.807) is 0 Å². The summed E-state index contributed by atoms with van der Waals surface area (Å²) < 4.78 is 10.9. The molecular formula is C21H23NO5. The van der Waals surface area contributed by atoms with Crippen molar-refractivity contribution >= 4 is 11.9 Å². The molecule has 0 bridgehead atoms. The van der Waals surface area contributed by atoms with E-state index in [0.29, 0.717) is 32.0 Å². The molecule has 6 nitrogen and oxygen atoms in total. The van der Waals surface area contributed by atoms with Crippen LogP contribution in [-0.4, -0.2) is 36.2 Å². The summed E-state index contributed by atoms with van der Waals surface area (Å²) in [4.78, 5) is 23.7. The van der Waals surface area contributed by atoms with Crippen molar-refractivity contribution in [2.75, 3.05) is 13.2 Å². The highest BCUT2D eigenvalue weighted by atomic mass is 16.5. The number of nitrogens with one attached hydrogen (secondary N) is 1. The minimum atomic E-state index is -1.05. The highest BCUT2D eigenvalue weighted by Gasteiger charge is 2.28. The van der Waals surface area contributed by atoms with Crippen LogP contribution in [0.2, 0.25) is 0 Å². The molecule has 1 fully saturated rings. The molecule has 0 spiro atoms. The Morgan fingerprint density at radius 2 is 1.85 bits per heavy atom. The smallest absolute Gasteiger partial charge is 0.326 e. The molecule has 2 N–H and O–H groups in total. The molecule has 2 atom stereocenters. The van der Waals surface area contributed by atoms with Gasteiger partial charge in [-0.3, -0.25) is 4.79 Å². The third kappa shape index (κ3) is 5.56. The van der Waals surface area contributed by atoms with Crippen molar-refractivity contribution in [3.05, 3.63) is 65.7 Å². The Morgan fingerprint density at radius 3 is 2.48 bits per heavy atom. The van der Waals surface area contributed by atoms with E-state index in [2.05, 4.69) is 5.32 Å². The maximum absolute atomic E-state index is 12.1. The molecule has 2 aromatic rings. The molecule has 0 radical (unpaired) electrons. The fraction of sp³-hybridized carbons (Fsp3) is 0.333. The van der Waals surface area contributed by atoms with Crippen LogP contribution in [0.25, 0.3) is 0 Å². The van der Waals surface area contributed by atoms with Gasteiger partial charge in [0.2, 0.25) is 5.91 Å². The lowest BCUT2D eigenvalue weighted by molar-refractivity contribution is -0.142. The van der Waals surface area contributed by atoms with Gasteiger partial charge in [-0.05, 0) is 29.7 Å². The summed E-state index contributed by atoms with van der Waals surface area (Å²) in [6, 6.07) is 16.1. The molecule has 0 unspecified atom stereocenters. The van der Waals surface area contributed by atoms with Crippen molar-refractivity contribution in [3.63, 3.8) is 0 Å². The number of carboxylic acid groups (broad SMARTS) is 1. The van der Waals surface area contributed by atoms with Gasteiger partial charge >= 0.3 is 5.97 Å². The minimum Gasteiger partial charge on any atom is -0.489 e. The first-order valence-corrected chi connectivity index (χ1v) is 8.98. The van der Waals surface area contributed by atoms with Gasteiger partial charge in [0.25, 0.3) is 0 Å². The lowest BCUT2D eigenvalue weighted by Gasteiger charge is -2.17. The van der Waals surface area contributed by atoms with Crippen molar-refractivity contribution in [2.24, 2.45) is 5.92 Å². The molecule has 1 aliphatic heterocycles. The van der Waals surface area contributed by atoms with Crippen LogP contribution in [-0.2, 0) is 27.4 Å². The molecule has 1 aliphatic rings. The van der Waals surface area contributed by atoms with Crippen molar-refractivity contribution in [1.82, 2.24) is 5.32 Å². The number of ether oxygens (including phenoxy) is 2. The Hall–Kier alpha value is -2.86. The molecule has 142 valence electrons. The summed E-state index contributed by atoms with van der Waals surface area (Å²) in [5.41, 5.74) is 1.89. The summed E-state index contributed by atoms with van der Waals surface area (Å²) in [5, 5.41) is 12.0. The van der Waals surface area contributed by atoms with Gasteiger partial charge < -0.3 is 19.9 Å². The van der Waals surface area contributed by atoms with Crippen LogP contribution >= 0.6 is 0 Å². The summed E-state index contributed by atoms with van der Waals surface area (Å²) in [5.74, 6) is -0.864. The predicted octanol–water partition coefficient (Wildman–Crippen LogP) is 2.41. The van der Waals surface area contributed by atoms with Crippen molar-refractivity contribution in [2.45, 2.75) is 25.5 Å². The summed E-state index contributed by atoms with van der Waals surface area (Å²) in [6.45, 7) is 1.36. The summed E-state index contributed by atoms with van der Waals surface area (Å²) in [7, 11) is 0. The Bertz CT molecular complexity index is 754. The number of aliphatic carboxylic acids is 1. The number of hydrogen-bond acceptors (Lipinski definition) is 4. The standard InChI is InChI=1S/C21H23NO5/c23-20(17-10-11-26-14-17)22-19(21(24)25)12-15-6-8-18(9-7-15)27-13-16-4-2-1-3-5-16/h1-9,17,19H,10-14H2,(H,22,23)(H,24,25)/t17-,19+/m0/s1. The lowest BCUT2D eigenvalue weighted by atomic mass is 10.0. The number of rotatable bonds is 8. The normalized spacial score (nSPS) is 17.3. The van der Waals surface area contributed by atoms with E-state index in [9.17, 15) is 14.7 Å². The summed E-state index contributed by atoms with van der Waals surface area (Å²) >= 11 is 0. The van der Waals surface area contributed by atoms with E-state index < -0.39 is 12.0 Å². The Kier molecular flexibility index (Phi) is 6.44. The third-order valence-corrected chi connectivity index (χ3v) is 4.53. The number of hydrogen-bond donors (Lipinski definition) is 2. The Labute approximate surface area is 158 Å². The van der Waals surface area contributed by atoms with E-state index in [-0.39, 0.29) is 18.2 Å². The molecule has 0 aromatic heterocycles. The van der Waals surface area contributed by atoms with E-state index in [4.69, 9.17) is 9.47 Å². The molecule has 1 saturated heterocycles. The lowest BCUT2D eigenvalue weighted by Crippen LogP contribution is -2.45. The molecule has 0 saturated carbocycles. The van der Waals surface area contributed by atoms with Crippen LogP contribution in [0.5, 0.6) is 5.75 Å². The Morgan fingerprint density at radius 1 is 1.11 bits per heavy atom. The SMILES string of the molecule is O=C(N[C@H](Cc1ccc(OCc2ccccc2)cc1)C(=O)O)[C@H]1CCOC1. The molecule has 0 aliphatic carbocycles. The zero-order chi connectivity index (χ0) is 19.1. The number of carbonyl (C=O) groups is 2. The molecule has 2 aromatic carbocycles. The molecule has 27 heavy (non-hydrogen) atoms. The van der Waals surface area contributed by atoms with Crippen molar-refractivity contribution in [1.29, 1.82) is 0 Å². The van der Waals surface area contributed by atoms with Gasteiger partial charge in [-0.15, -0.1) is 0 Å². The minimum absolute atomic E-state index is 0.216. The molecular weight excluding hydrogens is 346 g/mol. The number of amides is 1. The first-order valence-electron chi connectivity index (χ1n) is 8.98. The first-order chi connectivity index (χ1) is 13.1.